The van der Waals surface area contributed by atoms with Crippen molar-refractivity contribution < 1.29 is 5.11 Å². The summed E-state index contributed by atoms with van der Waals surface area (Å²) in [4.78, 5) is 2.55. The van der Waals surface area contributed by atoms with Gasteiger partial charge in [-0.15, -0.1) is 0 Å². The van der Waals surface area contributed by atoms with E-state index < -0.39 is 0 Å². The Morgan fingerprint density at radius 2 is 1.80 bits per heavy atom. The molecule has 1 aliphatic carbocycles. The lowest BCUT2D eigenvalue weighted by atomic mass is 10.0. The molecule has 1 saturated carbocycles. The van der Waals surface area contributed by atoms with Crippen molar-refractivity contribution in [2.24, 2.45) is 0 Å². The molecule has 0 spiro atoms. The topological polar surface area (TPSA) is 23.5 Å². The molecule has 3 heteroatoms. The molecule has 1 N–H and O–H groups in total. The maximum absolute atomic E-state index is 10.1. The van der Waals surface area contributed by atoms with Gasteiger partial charge in [0.1, 0.15) is 0 Å². The normalized spacial score (nSPS) is 35.8. The van der Waals surface area contributed by atoms with Crippen LogP contribution in [0.5, 0.6) is 0 Å². The zero-order valence-electron chi connectivity index (χ0n) is 9.53. The maximum Gasteiger partial charge on any atom is 0.0695 e. The Morgan fingerprint density at radius 3 is 2.73 bits per heavy atom. The first-order valence-corrected chi connectivity index (χ1v) is 7.53. The predicted octanol–water partition coefficient (Wildman–Crippen LogP) is 2.12. The highest BCUT2D eigenvalue weighted by Gasteiger charge is 2.27. The summed E-state index contributed by atoms with van der Waals surface area (Å²) in [6.07, 6.45) is 7.33. The van der Waals surface area contributed by atoms with Gasteiger partial charge in [0.05, 0.1) is 6.10 Å². The van der Waals surface area contributed by atoms with E-state index in [0.717, 1.165) is 6.42 Å². The van der Waals surface area contributed by atoms with Crippen LogP contribution in [0.25, 0.3) is 0 Å². The summed E-state index contributed by atoms with van der Waals surface area (Å²) >= 11 is 2.07. The molecule has 2 atom stereocenters. The zero-order chi connectivity index (χ0) is 10.5. The largest absolute Gasteiger partial charge is 0.391 e. The molecule has 0 bridgehead atoms. The summed E-state index contributed by atoms with van der Waals surface area (Å²) in [5.41, 5.74) is 0. The molecule has 2 fully saturated rings. The van der Waals surface area contributed by atoms with Gasteiger partial charge in [-0.1, -0.05) is 19.3 Å². The van der Waals surface area contributed by atoms with Crippen LogP contribution in [0.1, 0.15) is 38.5 Å². The lowest BCUT2D eigenvalue weighted by Crippen LogP contribution is -2.44. The first kappa shape index (κ1) is 11.7. The molecule has 0 amide bonds. The first-order chi connectivity index (χ1) is 7.38. The molecule has 0 aromatic rings. The van der Waals surface area contributed by atoms with Crippen molar-refractivity contribution in [1.29, 1.82) is 0 Å². The summed E-state index contributed by atoms with van der Waals surface area (Å²) in [6.45, 7) is 2.39. The van der Waals surface area contributed by atoms with Gasteiger partial charge < -0.3 is 5.11 Å². The number of hydrogen-bond acceptors (Lipinski definition) is 3. The summed E-state index contributed by atoms with van der Waals surface area (Å²) in [5, 5.41) is 10.1. The zero-order valence-corrected chi connectivity index (χ0v) is 10.3. The predicted molar refractivity (Wildman–Crippen MR) is 66.4 cm³/mol. The smallest absolute Gasteiger partial charge is 0.0695 e. The van der Waals surface area contributed by atoms with E-state index in [1.54, 1.807) is 0 Å². The minimum absolute atomic E-state index is 0.0596. The number of aliphatic hydroxyl groups excluding tert-OH is 1. The summed E-state index contributed by atoms with van der Waals surface area (Å²) < 4.78 is 0. The van der Waals surface area contributed by atoms with Gasteiger partial charge in [-0.05, 0) is 31.6 Å². The second-order valence-electron chi connectivity index (χ2n) is 4.77. The minimum Gasteiger partial charge on any atom is -0.391 e. The van der Waals surface area contributed by atoms with E-state index in [0.29, 0.717) is 6.04 Å². The van der Waals surface area contributed by atoms with Crippen LogP contribution in [-0.4, -0.2) is 46.7 Å². The molecule has 15 heavy (non-hydrogen) atoms. The Balaban J connectivity index is 1.92. The second-order valence-corrected chi connectivity index (χ2v) is 6.00. The molecule has 2 aliphatic rings. The van der Waals surface area contributed by atoms with Gasteiger partial charge in [-0.3, -0.25) is 4.90 Å². The molecule has 2 rings (SSSR count). The molecule has 1 aliphatic heterocycles. The van der Waals surface area contributed by atoms with Crippen molar-refractivity contribution in [1.82, 2.24) is 4.90 Å². The van der Waals surface area contributed by atoms with Gasteiger partial charge in [0.15, 0.2) is 0 Å². The van der Waals surface area contributed by atoms with Crippen LogP contribution in [0, 0.1) is 0 Å². The molecule has 88 valence electrons. The Hall–Kier alpha value is 0.270. The average molecular weight is 229 g/mol. The average Bonchev–Trinajstić information content (AvgIpc) is 2.59. The lowest BCUT2D eigenvalue weighted by molar-refractivity contribution is 0.0482. The second kappa shape index (κ2) is 6.12. The molecule has 0 radical (unpaired) electrons. The summed E-state index contributed by atoms with van der Waals surface area (Å²) in [6, 6.07) is 0.464. The van der Waals surface area contributed by atoms with Crippen LogP contribution in [0.3, 0.4) is 0 Å². The van der Waals surface area contributed by atoms with E-state index in [1.807, 2.05) is 0 Å². The van der Waals surface area contributed by atoms with Crippen molar-refractivity contribution in [2.75, 3.05) is 24.6 Å². The van der Waals surface area contributed by atoms with Crippen molar-refractivity contribution in [3.63, 3.8) is 0 Å². The molecular formula is C12H23NOS. The minimum atomic E-state index is -0.0596. The Bertz CT molecular complexity index is 180. The van der Waals surface area contributed by atoms with E-state index in [4.69, 9.17) is 0 Å². The van der Waals surface area contributed by atoms with E-state index in [1.165, 1.54) is 56.7 Å². The van der Waals surface area contributed by atoms with Gasteiger partial charge in [-0.25, -0.2) is 0 Å². The fourth-order valence-electron chi connectivity index (χ4n) is 2.79. The molecule has 2 unspecified atom stereocenters. The van der Waals surface area contributed by atoms with E-state index in [-0.39, 0.29) is 6.10 Å². The first-order valence-electron chi connectivity index (χ1n) is 6.38. The lowest BCUT2D eigenvalue weighted by Gasteiger charge is -2.32. The highest BCUT2D eigenvalue weighted by Crippen LogP contribution is 2.24. The SMILES string of the molecule is OC1CCCCCC1N1CCCSCC1. The standard InChI is InChI=1S/C12H23NOS/c14-12-6-3-1-2-5-11(12)13-7-4-9-15-10-8-13/h11-12,14H,1-10H2. The number of aliphatic hydroxyl groups is 1. The summed E-state index contributed by atoms with van der Waals surface area (Å²) in [5.74, 6) is 2.56. The van der Waals surface area contributed by atoms with E-state index in [9.17, 15) is 5.11 Å². The third-order valence-corrected chi connectivity index (χ3v) is 4.72. The number of hydrogen-bond donors (Lipinski definition) is 1. The van der Waals surface area contributed by atoms with Gasteiger partial charge in [0.2, 0.25) is 0 Å². The van der Waals surface area contributed by atoms with E-state index >= 15 is 0 Å². The molecular weight excluding hydrogens is 206 g/mol. The highest BCUT2D eigenvalue weighted by molar-refractivity contribution is 7.99. The maximum atomic E-state index is 10.1. The van der Waals surface area contributed by atoms with Crippen LogP contribution in [-0.2, 0) is 0 Å². The van der Waals surface area contributed by atoms with Crippen molar-refractivity contribution in [2.45, 2.75) is 50.7 Å². The van der Waals surface area contributed by atoms with Crippen molar-refractivity contribution in [3.8, 4) is 0 Å². The molecule has 2 nitrogen and oxygen atoms in total. The molecule has 0 aromatic heterocycles. The van der Waals surface area contributed by atoms with Gasteiger partial charge in [0.25, 0.3) is 0 Å². The third kappa shape index (κ3) is 3.36. The van der Waals surface area contributed by atoms with Crippen LogP contribution in [0.4, 0.5) is 0 Å². The Labute approximate surface area is 97.4 Å². The van der Waals surface area contributed by atoms with Crippen molar-refractivity contribution in [3.05, 3.63) is 0 Å². The van der Waals surface area contributed by atoms with Crippen LogP contribution >= 0.6 is 11.8 Å². The number of rotatable bonds is 1. The molecule has 1 saturated heterocycles. The van der Waals surface area contributed by atoms with Gasteiger partial charge in [0, 0.05) is 18.3 Å². The summed E-state index contributed by atoms with van der Waals surface area (Å²) in [7, 11) is 0. The Morgan fingerprint density at radius 1 is 0.933 bits per heavy atom. The van der Waals surface area contributed by atoms with Crippen LogP contribution < -0.4 is 0 Å². The fourth-order valence-corrected chi connectivity index (χ4v) is 3.69. The number of nitrogens with zero attached hydrogens (tertiary/aromatic N) is 1. The van der Waals surface area contributed by atoms with Gasteiger partial charge in [-0.2, -0.15) is 11.8 Å². The molecule has 0 aromatic carbocycles. The van der Waals surface area contributed by atoms with Gasteiger partial charge >= 0.3 is 0 Å². The van der Waals surface area contributed by atoms with Crippen LogP contribution in [0.2, 0.25) is 0 Å². The third-order valence-electron chi connectivity index (χ3n) is 3.67. The number of thioether (sulfide) groups is 1. The Kier molecular flexibility index (Phi) is 4.79. The van der Waals surface area contributed by atoms with E-state index in [2.05, 4.69) is 16.7 Å². The van der Waals surface area contributed by atoms with Crippen LogP contribution in [0.15, 0.2) is 0 Å². The highest BCUT2D eigenvalue weighted by atomic mass is 32.2. The van der Waals surface area contributed by atoms with Crippen molar-refractivity contribution >= 4 is 11.8 Å². The quantitative estimate of drug-likeness (QED) is 0.697. The fraction of sp³-hybridized carbons (Fsp3) is 1.00. The molecule has 1 heterocycles. The monoisotopic (exact) mass is 229 g/mol.